The van der Waals surface area contributed by atoms with Crippen molar-refractivity contribution in [1.29, 1.82) is 0 Å². The molecule has 1 N–H and O–H groups in total. The molecule has 7 heteroatoms. The zero-order valence-corrected chi connectivity index (χ0v) is 15.7. The Bertz CT molecular complexity index is 952. The largest absolute Gasteiger partial charge is 0.376 e. The maximum atomic E-state index is 13.1. The maximum Gasteiger partial charge on any atom is 0.264 e. The van der Waals surface area contributed by atoms with Crippen LogP contribution in [0.2, 0.25) is 0 Å². The van der Waals surface area contributed by atoms with Gasteiger partial charge in [-0.05, 0) is 49.1 Å². The highest BCUT2D eigenvalue weighted by Gasteiger charge is 2.31. The molecule has 0 bridgehead atoms. The molecule has 0 saturated carbocycles. The second kappa shape index (κ2) is 7.32. The molecule has 1 atom stereocenters. The van der Waals surface area contributed by atoms with Gasteiger partial charge in [-0.2, -0.15) is 0 Å². The summed E-state index contributed by atoms with van der Waals surface area (Å²) < 4.78 is 33.1. The molecule has 2 heterocycles. The van der Waals surface area contributed by atoms with Crippen molar-refractivity contribution in [3.05, 3.63) is 59.7 Å². The zero-order chi connectivity index (χ0) is 18.9. The summed E-state index contributed by atoms with van der Waals surface area (Å²) in [6, 6.07) is 13.7. The number of hydrogen-bond donors (Lipinski definition) is 1. The summed E-state index contributed by atoms with van der Waals surface area (Å²) in [5, 5.41) is 2.83. The summed E-state index contributed by atoms with van der Waals surface area (Å²) >= 11 is 0. The smallest absolute Gasteiger partial charge is 0.264 e. The lowest BCUT2D eigenvalue weighted by atomic mass is 10.2. The van der Waals surface area contributed by atoms with Gasteiger partial charge in [0.2, 0.25) is 0 Å². The van der Waals surface area contributed by atoms with Crippen molar-refractivity contribution in [2.75, 3.05) is 24.0 Å². The molecular weight excluding hydrogens is 364 g/mol. The lowest BCUT2D eigenvalue weighted by Gasteiger charge is -2.20. The van der Waals surface area contributed by atoms with Crippen molar-refractivity contribution >= 4 is 21.6 Å². The van der Waals surface area contributed by atoms with Crippen LogP contribution in [0, 0.1) is 0 Å². The number of nitrogens with zero attached hydrogens (tertiary/aromatic N) is 1. The number of anilines is 1. The number of amides is 1. The monoisotopic (exact) mass is 386 g/mol. The Morgan fingerprint density at radius 2 is 2.04 bits per heavy atom. The van der Waals surface area contributed by atoms with Gasteiger partial charge in [0, 0.05) is 25.3 Å². The van der Waals surface area contributed by atoms with Gasteiger partial charge in [-0.25, -0.2) is 8.42 Å². The molecule has 0 spiro atoms. The van der Waals surface area contributed by atoms with Crippen molar-refractivity contribution < 1.29 is 17.9 Å². The van der Waals surface area contributed by atoms with Crippen LogP contribution in [0.4, 0.5) is 5.69 Å². The minimum atomic E-state index is -3.71. The van der Waals surface area contributed by atoms with Gasteiger partial charge >= 0.3 is 0 Å². The van der Waals surface area contributed by atoms with Gasteiger partial charge < -0.3 is 10.1 Å². The third-order valence-corrected chi connectivity index (χ3v) is 6.85. The minimum absolute atomic E-state index is 0.0435. The van der Waals surface area contributed by atoms with Crippen molar-refractivity contribution in [3.8, 4) is 0 Å². The van der Waals surface area contributed by atoms with Crippen molar-refractivity contribution in [1.82, 2.24) is 5.32 Å². The van der Waals surface area contributed by atoms with Gasteiger partial charge in [-0.15, -0.1) is 0 Å². The van der Waals surface area contributed by atoms with E-state index in [1.807, 2.05) is 24.3 Å². The predicted molar refractivity (Wildman–Crippen MR) is 102 cm³/mol. The molecule has 2 aliphatic rings. The predicted octanol–water partition coefficient (Wildman–Crippen LogP) is 2.35. The van der Waals surface area contributed by atoms with Gasteiger partial charge in [0.05, 0.1) is 16.7 Å². The Labute approximate surface area is 159 Å². The van der Waals surface area contributed by atoms with E-state index < -0.39 is 10.0 Å². The molecule has 1 saturated heterocycles. The Hall–Kier alpha value is -2.38. The fraction of sp³-hybridized carbons (Fsp3) is 0.350. The topological polar surface area (TPSA) is 75.7 Å². The molecule has 4 rings (SSSR count). The molecule has 2 aromatic carbocycles. The van der Waals surface area contributed by atoms with Crippen LogP contribution >= 0.6 is 0 Å². The average molecular weight is 386 g/mol. The first-order chi connectivity index (χ1) is 13.1. The quantitative estimate of drug-likeness (QED) is 0.856. The first-order valence-electron chi connectivity index (χ1n) is 9.16. The van der Waals surface area contributed by atoms with E-state index in [0.717, 1.165) is 25.0 Å². The standard InChI is InChI=1S/C20H22N2O4S/c23-20(21-14-17-7-4-12-26-17)16-6-3-8-18(13-16)27(24,25)22-11-10-15-5-1-2-9-19(15)22/h1-3,5-6,8-9,13,17H,4,7,10-12,14H2,(H,21,23)/t17-/m1/s1. The molecule has 1 amide bonds. The molecule has 27 heavy (non-hydrogen) atoms. The highest BCUT2D eigenvalue weighted by atomic mass is 32.2. The number of sulfonamides is 1. The molecule has 142 valence electrons. The summed E-state index contributed by atoms with van der Waals surface area (Å²) in [6.45, 7) is 1.58. The van der Waals surface area contributed by atoms with Crippen molar-refractivity contribution in [3.63, 3.8) is 0 Å². The summed E-state index contributed by atoms with van der Waals surface area (Å²) in [4.78, 5) is 12.6. The number of benzene rings is 2. The number of hydrogen-bond acceptors (Lipinski definition) is 4. The van der Waals surface area contributed by atoms with E-state index in [4.69, 9.17) is 4.74 Å². The Balaban J connectivity index is 1.54. The third-order valence-electron chi connectivity index (χ3n) is 5.04. The van der Waals surface area contributed by atoms with E-state index in [1.165, 1.54) is 16.4 Å². The van der Waals surface area contributed by atoms with E-state index in [2.05, 4.69) is 5.32 Å². The van der Waals surface area contributed by atoms with Crippen LogP contribution in [0.15, 0.2) is 53.4 Å². The van der Waals surface area contributed by atoms with E-state index in [0.29, 0.717) is 30.8 Å². The van der Waals surface area contributed by atoms with Gasteiger partial charge in [0.1, 0.15) is 0 Å². The molecule has 0 unspecified atom stereocenters. The second-order valence-corrected chi connectivity index (χ2v) is 8.69. The Morgan fingerprint density at radius 1 is 1.19 bits per heavy atom. The van der Waals surface area contributed by atoms with Gasteiger partial charge in [-0.1, -0.05) is 24.3 Å². The van der Waals surface area contributed by atoms with E-state index in [-0.39, 0.29) is 16.9 Å². The number of carbonyl (C=O) groups excluding carboxylic acids is 1. The van der Waals surface area contributed by atoms with E-state index >= 15 is 0 Å². The van der Waals surface area contributed by atoms with Crippen LogP contribution in [0.1, 0.15) is 28.8 Å². The molecule has 2 aliphatic heterocycles. The number of ether oxygens (including phenoxy) is 1. The number of nitrogens with one attached hydrogen (secondary N) is 1. The van der Waals surface area contributed by atoms with Crippen LogP contribution in [-0.2, 0) is 21.2 Å². The first-order valence-corrected chi connectivity index (χ1v) is 10.6. The molecule has 0 radical (unpaired) electrons. The van der Waals surface area contributed by atoms with Crippen molar-refractivity contribution in [2.24, 2.45) is 0 Å². The summed E-state index contributed by atoms with van der Waals surface area (Å²) in [6.07, 6.45) is 2.67. The molecule has 6 nitrogen and oxygen atoms in total. The normalized spacial score (nSPS) is 19.1. The first kappa shape index (κ1) is 18.0. The van der Waals surface area contributed by atoms with E-state index in [1.54, 1.807) is 12.1 Å². The SMILES string of the molecule is O=C(NC[C@H]1CCCO1)c1cccc(S(=O)(=O)N2CCc3ccccc32)c1. The van der Waals surface area contributed by atoms with Crippen LogP contribution in [0.5, 0.6) is 0 Å². The Morgan fingerprint density at radius 3 is 2.85 bits per heavy atom. The lowest BCUT2D eigenvalue weighted by Crippen LogP contribution is -2.32. The van der Waals surface area contributed by atoms with Crippen LogP contribution in [0.3, 0.4) is 0 Å². The number of rotatable bonds is 5. The lowest BCUT2D eigenvalue weighted by molar-refractivity contribution is 0.0857. The minimum Gasteiger partial charge on any atom is -0.376 e. The van der Waals surface area contributed by atoms with Gasteiger partial charge in [0.25, 0.3) is 15.9 Å². The summed E-state index contributed by atoms with van der Waals surface area (Å²) in [7, 11) is -3.71. The molecule has 2 aromatic rings. The van der Waals surface area contributed by atoms with Gasteiger partial charge in [0.15, 0.2) is 0 Å². The zero-order valence-electron chi connectivity index (χ0n) is 14.9. The molecular formula is C20H22N2O4S. The van der Waals surface area contributed by atoms with Crippen molar-refractivity contribution in [2.45, 2.75) is 30.3 Å². The van der Waals surface area contributed by atoms with Crippen LogP contribution < -0.4 is 9.62 Å². The summed E-state index contributed by atoms with van der Waals surface area (Å²) in [5.74, 6) is -0.288. The number of fused-ring (bicyclic) bond motifs is 1. The highest BCUT2D eigenvalue weighted by molar-refractivity contribution is 7.92. The summed E-state index contributed by atoms with van der Waals surface area (Å²) in [5.41, 5.74) is 2.07. The molecule has 0 aromatic heterocycles. The Kier molecular flexibility index (Phi) is 4.88. The average Bonchev–Trinajstić information content (AvgIpc) is 3.36. The molecule has 0 aliphatic carbocycles. The van der Waals surface area contributed by atoms with Crippen LogP contribution in [-0.4, -0.2) is 40.1 Å². The number of carbonyl (C=O) groups is 1. The number of para-hydroxylation sites is 1. The molecule has 1 fully saturated rings. The third kappa shape index (κ3) is 3.57. The van der Waals surface area contributed by atoms with Crippen LogP contribution in [0.25, 0.3) is 0 Å². The van der Waals surface area contributed by atoms with Gasteiger partial charge in [-0.3, -0.25) is 9.10 Å². The fourth-order valence-corrected chi connectivity index (χ4v) is 5.15. The highest BCUT2D eigenvalue weighted by Crippen LogP contribution is 2.32. The maximum absolute atomic E-state index is 13.1. The fourth-order valence-electron chi connectivity index (χ4n) is 3.60. The second-order valence-electron chi connectivity index (χ2n) is 6.83. The van der Waals surface area contributed by atoms with E-state index in [9.17, 15) is 13.2 Å².